The maximum absolute atomic E-state index is 12.9. The molecule has 1 heterocycles. The summed E-state index contributed by atoms with van der Waals surface area (Å²) >= 11 is 0. The summed E-state index contributed by atoms with van der Waals surface area (Å²) < 4.78 is 26.5. The Bertz CT molecular complexity index is 1240. The topological polar surface area (TPSA) is 111 Å². The van der Waals surface area contributed by atoms with Crippen LogP contribution < -0.4 is 25.2 Å². The molecule has 0 spiro atoms. The third kappa shape index (κ3) is 4.67. The Morgan fingerprint density at radius 1 is 0.839 bits per heavy atom. The fourth-order valence-corrected chi connectivity index (χ4v) is 3.83. The number of ether oxygens (including phenoxy) is 2. The van der Waals surface area contributed by atoms with Gasteiger partial charge in [-0.15, -0.1) is 0 Å². The van der Waals surface area contributed by atoms with Gasteiger partial charge < -0.3 is 20.5 Å². The van der Waals surface area contributed by atoms with Crippen molar-refractivity contribution >= 4 is 45.0 Å². The van der Waals surface area contributed by atoms with E-state index in [1.807, 2.05) is 24.3 Å². The van der Waals surface area contributed by atoms with Crippen LogP contribution in [0.15, 0.2) is 71.6 Å². The van der Waals surface area contributed by atoms with Gasteiger partial charge >= 0.3 is 0 Å². The van der Waals surface area contributed by atoms with Gasteiger partial charge in [-0.05, 0) is 30.3 Å². The minimum absolute atomic E-state index is 0.334. The molecule has 1 atom stereocenters. The van der Waals surface area contributed by atoms with Crippen molar-refractivity contribution in [1.82, 2.24) is 9.97 Å². The Morgan fingerprint density at radius 2 is 1.48 bits per heavy atom. The molecule has 0 amide bonds. The maximum Gasteiger partial charge on any atom is 0.182 e. The molecule has 0 saturated heterocycles. The number of fused-ring (bicyclic) bond motifs is 1. The normalized spacial score (nSPS) is 11.7. The smallest absolute Gasteiger partial charge is 0.182 e. The summed E-state index contributed by atoms with van der Waals surface area (Å²) in [6.45, 7) is 0. The van der Waals surface area contributed by atoms with Crippen molar-refractivity contribution in [2.75, 3.05) is 30.0 Å². The van der Waals surface area contributed by atoms with Crippen LogP contribution in [0.4, 0.5) is 23.0 Å². The van der Waals surface area contributed by atoms with Crippen molar-refractivity contribution in [3.63, 3.8) is 0 Å². The minimum Gasteiger partial charge on any atom is -0.497 e. The number of para-hydroxylation sites is 2. The zero-order valence-electron chi connectivity index (χ0n) is 17.0. The summed E-state index contributed by atoms with van der Waals surface area (Å²) in [7, 11) is 1.57. The SMILES string of the molecule is COc1cc(Nc2nc3ccccc3nc2NS(=O)c2cccc(N)c2)cc(OC)c1. The molecule has 9 heteroatoms. The lowest BCUT2D eigenvalue weighted by Crippen LogP contribution is -2.10. The van der Waals surface area contributed by atoms with E-state index < -0.39 is 11.0 Å². The van der Waals surface area contributed by atoms with E-state index in [0.29, 0.717) is 50.4 Å². The Kier molecular flexibility index (Phi) is 5.85. The first-order chi connectivity index (χ1) is 15.1. The molecule has 0 aliphatic carbocycles. The van der Waals surface area contributed by atoms with Crippen molar-refractivity contribution in [2.24, 2.45) is 0 Å². The summed E-state index contributed by atoms with van der Waals surface area (Å²) in [5, 5.41) is 3.23. The number of anilines is 4. The molecule has 0 aliphatic heterocycles. The molecule has 0 fully saturated rings. The highest BCUT2D eigenvalue weighted by atomic mass is 32.2. The van der Waals surface area contributed by atoms with Gasteiger partial charge in [-0.25, -0.2) is 14.2 Å². The first-order valence-electron chi connectivity index (χ1n) is 9.36. The average Bonchev–Trinajstić information content (AvgIpc) is 2.79. The van der Waals surface area contributed by atoms with Gasteiger partial charge in [-0.1, -0.05) is 18.2 Å². The number of hydrogen-bond acceptors (Lipinski definition) is 7. The molecule has 1 unspecified atom stereocenters. The van der Waals surface area contributed by atoms with Crippen LogP contribution in [0.2, 0.25) is 0 Å². The van der Waals surface area contributed by atoms with Crippen LogP contribution in [-0.4, -0.2) is 28.4 Å². The second-order valence-electron chi connectivity index (χ2n) is 6.58. The Labute approximate surface area is 182 Å². The lowest BCUT2D eigenvalue weighted by molar-refractivity contribution is 0.395. The molecular weight excluding hydrogens is 414 g/mol. The summed E-state index contributed by atoms with van der Waals surface area (Å²) in [5.74, 6) is 1.98. The number of hydrogen-bond donors (Lipinski definition) is 3. The van der Waals surface area contributed by atoms with Crippen LogP contribution in [0.1, 0.15) is 0 Å². The molecule has 3 aromatic carbocycles. The Hall–Kier alpha value is -3.85. The highest BCUT2D eigenvalue weighted by Crippen LogP contribution is 2.31. The van der Waals surface area contributed by atoms with Crippen LogP contribution in [0, 0.1) is 0 Å². The second-order valence-corrected chi connectivity index (χ2v) is 7.79. The molecule has 0 radical (unpaired) electrons. The van der Waals surface area contributed by atoms with Crippen LogP contribution in [0.5, 0.6) is 11.5 Å². The quantitative estimate of drug-likeness (QED) is 0.375. The van der Waals surface area contributed by atoms with Gasteiger partial charge in [0, 0.05) is 29.6 Å². The Balaban J connectivity index is 1.74. The molecule has 4 aromatic rings. The van der Waals surface area contributed by atoms with E-state index in [9.17, 15) is 4.21 Å². The second kappa shape index (κ2) is 8.88. The number of benzene rings is 3. The van der Waals surface area contributed by atoms with Crippen molar-refractivity contribution in [3.05, 3.63) is 66.7 Å². The first-order valence-corrected chi connectivity index (χ1v) is 10.5. The van der Waals surface area contributed by atoms with Gasteiger partial charge in [0.15, 0.2) is 22.6 Å². The number of aromatic nitrogens is 2. The van der Waals surface area contributed by atoms with Crippen LogP contribution in [0.3, 0.4) is 0 Å². The van der Waals surface area contributed by atoms with Crippen molar-refractivity contribution in [1.29, 1.82) is 0 Å². The monoisotopic (exact) mass is 435 g/mol. The van der Waals surface area contributed by atoms with Gasteiger partial charge in [-0.3, -0.25) is 4.72 Å². The minimum atomic E-state index is -1.59. The Morgan fingerprint density at radius 3 is 2.10 bits per heavy atom. The average molecular weight is 436 g/mol. The predicted molar refractivity (Wildman–Crippen MR) is 123 cm³/mol. The van der Waals surface area contributed by atoms with Gasteiger partial charge in [0.05, 0.1) is 30.1 Å². The van der Waals surface area contributed by atoms with E-state index in [1.54, 1.807) is 56.7 Å². The van der Waals surface area contributed by atoms with Crippen molar-refractivity contribution in [2.45, 2.75) is 4.90 Å². The molecule has 1 aromatic heterocycles. The van der Waals surface area contributed by atoms with E-state index in [2.05, 4.69) is 20.0 Å². The zero-order chi connectivity index (χ0) is 21.8. The molecule has 0 bridgehead atoms. The largest absolute Gasteiger partial charge is 0.497 e. The predicted octanol–water partition coefficient (Wildman–Crippen LogP) is 4.11. The fraction of sp³-hybridized carbons (Fsp3) is 0.0909. The van der Waals surface area contributed by atoms with Crippen LogP contribution in [-0.2, 0) is 11.0 Å². The van der Waals surface area contributed by atoms with Crippen LogP contribution >= 0.6 is 0 Å². The molecular formula is C22H21N5O3S. The lowest BCUT2D eigenvalue weighted by atomic mass is 10.2. The van der Waals surface area contributed by atoms with Gasteiger partial charge in [0.25, 0.3) is 0 Å². The van der Waals surface area contributed by atoms with Gasteiger partial charge in [0.2, 0.25) is 0 Å². The molecule has 4 rings (SSSR count). The van der Waals surface area contributed by atoms with Crippen molar-refractivity contribution in [3.8, 4) is 11.5 Å². The highest BCUT2D eigenvalue weighted by Gasteiger charge is 2.14. The van der Waals surface area contributed by atoms with Gasteiger partial charge in [-0.2, -0.15) is 0 Å². The number of nitrogens with one attached hydrogen (secondary N) is 2. The molecule has 158 valence electrons. The fourth-order valence-electron chi connectivity index (χ4n) is 2.95. The highest BCUT2D eigenvalue weighted by molar-refractivity contribution is 7.86. The van der Waals surface area contributed by atoms with E-state index in [1.165, 1.54) is 0 Å². The number of methoxy groups -OCH3 is 2. The lowest BCUT2D eigenvalue weighted by Gasteiger charge is -2.14. The maximum atomic E-state index is 12.9. The molecule has 8 nitrogen and oxygen atoms in total. The van der Waals surface area contributed by atoms with E-state index in [0.717, 1.165) is 0 Å². The zero-order valence-corrected chi connectivity index (χ0v) is 17.8. The van der Waals surface area contributed by atoms with E-state index in [4.69, 9.17) is 15.2 Å². The molecule has 0 saturated carbocycles. The summed E-state index contributed by atoms with van der Waals surface area (Å²) in [6.07, 6.45) is 0. The standard InChI is InChI=1S/C22H21N5O3S/c1-29-16-11-15(12-17(13-16)30-2)24-21-22(26-20-9-4-3-8-19(20)25-21)27-31(28)18-7-5-6-14(23)10-18/h3-13H,23H2,1-2H3,(H,24,25)(H,26,27). The van der Waals surface area contributed by atoms with Crippen molar-refractivity contribution < 1.29 is 13.7 Å². The van der Waals surface area contributed by atoms with E-state index in [-0.39, 0.29) is 0 Å². The number of rotatable bonds is 7. The van der Waals surface area contributed by atoms with Gasteiger partial charge in [0.1, 0.15) is 11.5 Å². The first kappa shape index (κ1) is 20.4. The number of nitrogen functional groups attached to an aromatic ring is 1. The molecule has 0 aliphatic rings. The van der Waals surface area contributed by atoms with E-state index >= 15 is 0 Å². The third-order valence-electron chi connectivity index (χ3n) is 4.45. The summed E-state index contributed by atoms with van der Waals surface area (Å²) in [5.41, 5.74) is 8.40. The van der Waals surface area contributed by atoms with Crippen LogP contribution in [0.25, 0.3) is 11.0 Å². The summed E-state index contributed by atoms with van der Waals surface area (Å²) in [6, 6.07) is 19.7. The molecule has 31 heavy (non-hydrogen) atoms. The number of nitrogens with two attached hydrogens (primary N) is 1. The number of nitrogens with zero attached hydrogens (tertiary/aromatic N) is 2. The summed E-state index contributed by atoms with van der Waals surface area (Å²) in [4.78, 5) is 9.82. The molecule has 4 N–H and O–H groups in total. The third-order valence-corrected chi connectivity index (χ3v) is 5.51.